The first-order chi connectivity index (χ1) is 8.08. The van der Waals surface area contributed by atoms with Gasteiger partial charge in [-0.15, -0.1) is 0 Å². The molecule has 3 rings (SSSR count). The normalized spacial score (nSPS) is 11.5. The van der Waals surface area contributed by atoms with Gasteiger partial charge < -0.3 is 10.3 Å². The van der Waals surface area contributed by atoms with E-state index in [9.17, 15) is 0 Å². The molecule has 0 saturated carbocycles. The number of nitrogens with zero attached hydrogens (tertiary/aromatic N) is 3. The minimum Gasteiger partial charge on any atom is -0.382 e. The van der Waals surface area contributed by atoms with Gasteiger partial charge in [-0.1, -0.05) is 11.6 Å². The largest absolute Gasteiger partial charge is 0.382 e. The maximum Gasteiger partial charge on any atom is 0.152 e. The van der Waals surface area contributed by atoms with Crippen LogP contribution in [0.3, 0.4) is 0 Å². The fourth-order valence-electron chi connectivity index (χ4n) is 2.22. The van der Waals surface area contributed by atoms with Gasteiger partial charge in [-0.05, 0) is 26.0 Å². The molecule has 0 aliphatic rings. The molecule has 0 unspecified atom stereocenters. The maximum atomic E-state index is 5.96. The fourth-order valence-corrected chi connectivity index (χ4v) is 2.22. The molecule has 4 heteroatoms. The Morgan fingerprint density at radius 2 is 1.94 bits per heavy atom. The van der Waals surface area contributed by atoms with Crippen LogP contribution in [0.15, 0.2) is 18.2 Å². The van der Waals surface area contributed by atoms with Crippen molar-refractivity contribution < 1.29 is 0 Å². The minimum atomic E-state index is 0.500. The number of hydrogen-bond donors (Lipinski definition) is 1. The lowest BCUT2D eigenvalue weighted by atomic mass is 10.1. The van der Waals surface area contributed by atoms with E-state index >= 15 is 0 Å². The van der Waals surface area contributed by atoms with Crippen molar-refractivity contribution in [1.82, 2.24) is 14.5 Å². The van der Waals surface area contributed by atoms with Crippen molar-refractivity contribution in [3.63, 3.8) is 0 Å². The van der Waals surface area contributed by atoms with Gasteiger partial charge in [-0.3, -0.25) is 0 Å². The van der Waals surface area contributed by atoms with Gasteiger partial charge in [0.25, 0.3) is 0 Å². The maximum absolute atomic E-state index is 5.96. The summed E-state index contributed by atoms with van der Waals surface area (Å²) in [6, 6.07) is 6.18. The van der Waals surface area contributed by atoms with Crippen LogP contribution in [0.5, 0.6) is 0 Å². The quantitative estimate of drug-likeness (QED) is 0.640. The Bertz CT molecular complexity index is 740. The van der Waals surface area contributed by atoms with Gasteiger partial charge in [-0.25, -0.2) is 9.97 Å². The molecule has 86 valence electrons. The van der Waals surface area contributed by atoms with Crippen LogP contribution in [0, 0.1) is 13.8 Å². The average molecular weight is 226 g/mol. The SMILES string of the molecule is Cc1ccc2nc(N)c3nc(C)n(C)c3c2c1. The molecular weight excluding hydrogens is 212 g/mol. The summed E-state index contributed by atoms with van der Waals surface area (Å²) in [4.78, 5) is 8.87. The Kier molecular flexibility index (Phi) is 1.90. The number of nitrogens with two attached hydrogens (primary N) is 1. The molecule has 17 heavy (non-hydrogen) atoms. The first-order valence-electron chi connectivity index (χ1n) is 5.57. The number of benzene rings is 1. The van der Waals surface area contributed by atoms with Crippen molar-refractivity contribution >= 4 is 27.8 Å². The van der Waals surface area contributed by atoms with Gasteiger partial charge in [0.2, 0.25) is 0 Å². The average Bonchev–Trinajstić information content (AvgIpc) is 2.58. The van der Waals surface area contributed by atoms with Gasteiger partial charge in [0.05, 0.1) is 11.0 Å². The second-order valence-corrected chi connectivity index (χ2v) is 4.43. The van der Waals surface area contributed by atoms with Gasteiger partial charge in [0.1, 0.15) is 11.3 Å². The molecule has 4 nitrogen and oxygen atoms in total. The monoisotopic (exact) mass is 226 g/mol. The smallest absolute Gasteiger partial charge is 0.152 e. The first kappa shape index (κ1) is 10.1. The fraction of sp³-hybridized carbons (Fsp3) is 0.231. The molecule has 1 aromatic carbocycles. The summed E-state index contributed by atoms with van der Waals surface area (Å²) in [5.74, 6) is 1.45. The number of nitrogen functional groups attached to an aromatic ring is 1. The molecule has 0 spiro atoms. The van der Waals surface area contributed by atoms with Crippen LogP contribution in [0.4, 0.5) is 5.82 Å². The van der Waals surface area contributed by atoms with Crippen molar-refractivity contribution in [2.75, 3.05) is 5.73 Å². The zero-order valence-corrected chi connectivity index (χ0v) is 10.2. The zero-order valence-electron chi connectivity index (χ0n) is 10.2. The van der Waals surface area contributed by atoms with Gasteiger partial charge >= 0.3 is 0 Å². The number of hydrogen-bond acceptors (Lipinski definition) is 3. The lowest BCUT2D eigenvalue weighted by Gasteiger charge is -2.05. The Hall–Kier alpha value is -2.10. The summed E-state index contributed by atoms with van der Waals surface area (Å²) in [7, 11) is 2.01. The number of anilines is 1. The highest BCUT2D eigenvalue weighted by molar-refractivity contribution is 6.06. The molecule has 0 aliphatic carbocycles. The number of aryl methyl sites for hydroxylation is 3. The van der Waals surface area contributed by atoms with Crippen LogP contribution >= 0.6 is 0 Å². The second-order valence-electron chi connectivity index (χ2n) is 4.43. The van der Waals surface area contributed by atoms with Gasteiger partial charge in [-0.2, -0.15) is 0 Å². The van der Waals surface area contributed by atoms with E-state index in [0.29, 0.717) is 5.82 Å². The van der Waals surface area contributed by atoms with E-state index in [4.69, 9.17) is 5.73 Å². The highest BCUT2D eigenvalue weighted by atomic mass is 15.1. The molecule has 0 atom stereocenters. The second kappa shape index (κ2) is 3.20. The molecule has 0 saturated heterocycles. The van der Waals surface area contributed by atoms with Crippen LogP contribution < -0.4 is 5.73 Å². The lowest BCUT2D eigenvalue weighted by Crippen LogP contribution is -1.95. The topological polar surface area (TPSA) is 56.7 Å². The number of pyridine rings is 1. The molecule has 0 amide bonds. The zero-order chi connectivity index (χ0) is 12.2. The van der Waals surface area contributed by atoms with Crippen molar-refractivity contribution in [3.05, 3.63) is 29.6 Å². The Morgan fingerprint density at radius 3 is 2.71 bits per heavy atom. The molecule has 0 bridgehead atoms. The summed E-state index contributed by atoms with van der Waals surface area (Å²) in [6.07, 6.45) is 0. The van der Waals surface area contributed by atoms with Crippen LogP contribution in [0.25, 0.3) is 21.9 Å². The van der Waals surface area contributed by atoms with Crippen molar-refractivity contribution in [2.45, 2.75) is 13.8 Å². The third-order valence-corrected chi connectivity index (χ3v) is 3.21. The van der Waals surface area contributed by atoms with Crippen molar-refractivity contribution in [2.24, 2.45) is 7.05 Å². The van der Waals surface area contributed by atoms with E-state index in [1.807, 2.05) is 26.1 Å². The highest BCUT2D eigenvalue weighted by Gasteiger charge is 2.12. The molecule has 0 aliphatic heterocycles. The molecular formula is C13H14N4. The summed E-state index contributed by atoms with van der Waals surface area (Å²) in [5, 5.41) is 1.11. The molecule has 3 aromatic rings. The van der Waals surface area contributed by atoms with Crippen LogP contribution in [-0.4, -0.2) is 14.5 Å². The van der Waals surface area contributed by atoms with Crippen LogP contribution in [0.1, 0.15) is 11.4 Å². The molecule has 0 radical (unpaired) electrons. The summed E-state index contributed by atoms with van der Waals surface area (Å²) >= 11 is 0. The van der Waals surface area contributed by atoms with E-state index in [-0.39, 0.29) is 0 Å². The van der Waals surface area contributed by atoms with E-state index in [1.165, 1.54) is 5.56 Å². The number of rotatable bonds is 0. The molecule has 2 heterocycles. The van der Waals surface area contributed by atoms with Crippen LogP contribution in [0.2, 0.25) is 0 Å². The van der Waals surface area contributed by atoms with Gasteiger partial charge in [0.15, 0.2) is 5.82 Å². The number of fused-ring (bicyclic) bond motifs is 3. The Morgan fingerprint density at radius 1 is 1.18 bits per heavy atom. The van der Waals surface area contributed by atoms with E-state index < -0.39 is 0 Å². The van der Waals surface area contributed by atoms with E-state index in [1.54, 1.807) is 0 Å². The third kappa shape index (κ3) is 1.30. The molecule has 2 N–H and O–H groups in total. The van der Waals surface area contributed by atoms with Crippen LogP contribution in [-0.2, 0) is 7.05 Å². The number of aromatic nitrogens is 3. The predicted octanol–water partition coefficient (Wildman–Crippen LogP) is 2.32. The summed E-state index contributed by atoms with van der Waals surface area (Å²) in [6.45, 7) is 4.05. The molecule has 2 aromatic heterocycles. The van der Waals surface area contributed by atoms with Gasteiger partial charge in [0, 0.05) is 12.4 Å². The third-order valence-electron chi connectivity index (χ3n) is 3.21. The predicted molar refractivity (Wildman–Crippen MR) is 69.9 cm³/mol. The van der Waals surface area contributed by atoms with Crippen molar-refractivity contribution in [1.29, 1.82) is 0 Å². The number of imidazole rings is 1. The summed E-state index contributed by atoms with van der Waals surface area (Å²) in [5.41, 5.74) is 9.95. The standard InChI is InChI=1S/C13H14N4/c1-7-4-5-10-9(6-7)12-11(13(14)16-10)15-8(2)17(12)3/h4-6H,1-3H3,(H2,14,16). The van der Waals surface area contributed by atoms with E-state index in [2.05, 4.69) is 27.5 Å². The Balaban J connectivity index is 2.64. The lowest BCUT2D eigenvalue weighted by molar-refractivity contribution is 0.888. The van der Waals surface area contributed by atoms with Crippen molar-refractivity contribution in [3.8, 4) is 0 Å². The summed E-state index contributed by atoms with van der Waals surface area (Å²) < 4.78 is 2.06. The minimum absolute atomic E-state index is 0.500. The first-order valence-corrected chi connectivity index (χ1v) is 5.57. The Labute approximate surface area is 99.1 Å². The van der Waals surface area contributed by atoms with E-state index in [0.717, 1.165) is 27.8 Å². The highest BCUT2D eigenvalue weighted by Crippen LogP contribution is 2.28. The molecule has 0 fully saturated rings.